The fourth-order valence-corrected chi connectivity index (χ4v) is 2.82. The standard InChI is InChI=1S/C16H19N3/c1-3-18-14-9-15(11-17-10-14)19-12(2)8-13-6-4-5-7-16(13)19/h4-7,9-12,18H,3,8H2,1-2H3. The molecule has 1 N–H and O–H groups in total. The van der Waals surface area contributed by atoms with Gasteiger partial charge in [-0.25, -0.2) is 0 Å². The summed E-state index contributed by atoms with van der Waals surface area (Å²) in [6.45, 7) is 5.28. The van der Waals surface area contributed by atoms with Gasteiger partial charge in [0.1, 0.15) is 0 Å². The predicted molar refractivity (Wildman–Crippen MR) is 80.1 cm³/mol. The number of hydrogen-bond acceptors (Lipinski definition) is 3. The van der Waals surface area contributed by atoms with Crippen molar-refractivity contribution in [1.29, 1.82) is 0 Å². The van der Waals surface area contributed by atoms with Gasteiger partial charge in [0.15, 0.2) is 0 Å². The second-order valence-electron chi connectivity index (χ2n) is 5.01. The first-order chi connectivity index (χ1) is 9.29. The molecule has 1 aliphatic heterocycles. The average molecular weight is 253 g/mol. The van der Waals surface area contributed by atoms with Gasteiger partial charge in [-0.15, -0.1) is 0 Å². The molecule has 0 fully saturated rings. The second-order valence-corrected chi connectivity index (χ2v) is 5.01. The first kappa shape index (κ1) is 12.0. The third-order valence-corrected chi connectivity index (χ3v) is 3.59. The van der Waals surface area contributed by atoms with Crippen LogP contribution in [0.25, 0.3) is 0 Å². The third kappa shape index (κ3) is 2.16. The summed E-state index contributed by atoms with van der Waals surface area (Å²) in [4.78, 5) is 6.73. The first-order valence-corrected chi connectivity index (χ1v) is 6.85. The Bertz CT molecular complexity index is 580. The molecule has 2 aromatic rings. The van der Waals surface area contributed by atoms with Gasteiger partial charge in [-0.3, -0.25) is 4.98 Å². The maximum Gasteiger partial charge on any atom is 0.0620 e. The molecule has 0 aliphatic carbocycles. The Morgan fingerprint density at radius 3 is 3.00 bits per heavy atom. The Hall–Kier alpha value is -2.03. The van der Waals surface area contributed by atoms with Gasteiger partial charge in [0.05, 0.1) is 23.8 Å². The number of fused-ring (bicyclic) bond motifs is 1. The molecule has 1 aliphatic rings. The SMILES string of the molecule is CCNc1cncc(N2c3ccccc3CC2C)c1. The van der Waals surface area contributed by atoms with Crippen molar-refractivity contribution in [2.75, 3.05) is 16.8 Å². The van der Waals surface area contributed by atoms with E-state index in [4.69, 9.17) is 0 Å². The van der Waals surface area contributed by atoms with Crippen LogP contribution in [0.5, 0.6) is 0 Å². The fourth-order valence-electron chi connectivity index (χ4n) is 2.82. The molecule has 1 aromatic heterocycles. The Kier molecular flexibility index (Phi) is 3.11. The lowest BCUT2D eigenvalue weighted by atomic mass is 10.1. The van der Waals surface area contributed by atoms with Gasteiger partial charge in [0.2, 0.25) is 0 Å². The number of nitrogens with zero attached hydrogens (tertiary/aromatic N) is 2. The van der Waals surface area contributed by atoms with Crippen LogP contribution in [0.4, 0.5) is 17.1 Å². The zero-order chi connectivity index (χ0) is 13.2. The average Bonchev–Trinajstić information content (AvgIpc) is 2.75. The summed E-state index contributed by atoms with van der Waals surface area (Å²) >= 11 is 0. The molecule has 1 aromatic carbocycles. The van der Waals surface area contributed by atoms with Crippen molar-refractivity contribution in [3.8, 4) is 0 Å². The third-order valence-electron chi connectivity index (χ3n) is 3.59. The lowest BCUT2D eigenvalue weighted by Crippen LogP contribution is -2.24. The maximum atomic E-state index is 4.35. The molecule has 3 heteroatoms. The Balaban J connectivity index is 2.00. The quantitative estimate of drug-likeness (QED) is 0.906. The molecule has 0 amide bonds. The molecular formula is C16H19N3. The highest BCUT2D eigenvalue weighted by Gasteiger charge is 2.26. The number of para-hydroxylation sites is 1. The van der Waals surface area contributed by atoms with Crippen molar-refractivity contribution in [2.45, 2.75) is 26.3 Å². The Morgan fingerprint density at radius 1 is 1.32 bits per heavy atom. The van der Waals surface area contributed by atoms with E-state index in [1.807, 2.05) is 12.4 Å². The number of aromatic nitrogens is 1. The number of benzene rings is 1. The summed E-state index contributed by atoms with van der Waals surface area (Å²) in [5.41, 5.74) is 4.97. The molecule has 98 valence electrons. The second kappa shape index (κ2) is 4.92. The van der Waals surface area contributed by atoms with E-state index < -0.39 is 0 Å². The lowest BCUT2D eigenvalue weighted by molar-refractivity contribution is 0.758. The Morgan fingerprint density at radius 2 is 2.16 bits per heavy atom. The van der Waals surface area contributed by atoms with E-state index in [1.54, 1.807) is 0 Å². The molecule has 1 unspecified atom stereocenters. The van der Waals surface area contributed by atoms with Crippen molar-refractivity contribution < 1.29 is 0 Å². The number of rotatable bonds is 3. The van der Waals surface area contributed by atoms with Gasteiger partial charge in [0.25, 0.3) is 0 Å². The van der Waals surface area contributed by atoms with Gasteiger partial charge >= 0.3 is 0 Å². The van der Waals surface area contributed by atoms with E-state index in [9.17, 15) is 0 Å². The van der Waals surface area contributed by atoms with Crippen molar-refractivity contribution in [3.63, 3.8) is 0 Å². The van der Waals surface area contributed by atoms with E-state index in [2.05, 4.69) is 59.4 Å². The zero-order valence-corrected chi connectivity index (χ0v) is 11.4. The van der Waals surface area contributed by atoms with Crippen LogP contribution >= 0.6 is 0 Å². The van der Waals surface area contributed by atoms with Crippen molar-refractivity contribution in [1.82, 2.24) is 4.98 Å². The van der Waals surface area contributed by atoms with Crippen LogP contribution in [-0.4, -0.2) is 17.6 Å². The van der Waals surface area contributed by atoms with Crippen molar-refractivity contribution in [3.05, 3.63) is 48.3 Å². The molecule has 3 rings (SSSR count). The van der Waals surface area contributed by atoms with E-state index in [1.165, 1.54) is 11.3 Å². The van der Waals surface area contributed by atoms with Crippen LogP contribution < -0.4 is 10.2 Å². The molecule has 3 nitrogen and oxygen atoms in total. The van der Waals surface area contributed by atoms with Gasteiger partial charge < -0.3 is 10.2 Å². The highest BCUT2D eigenvalue weighted by molar-refractivity contribution is 5.72. The van der Waals surface area contributed by atoms with Crippen LogP contribution in [-0.2, 0) is 6.42 Å². The van der Waals surface area contributed by atoms with E-state index in [-0.39, 0.29) is 0 Å². The monoisotopic (exact) mass is 253 g/mol. The smallest absolute Gasteiger partial charge is 0.0620 e. The molecule has 0 spiro atoms. The maximum absolute atomic E-state index is 4.35. The van der Waals surface area contributed by atoms with Gasteiger partial charge in [-0.2, -0.15) is 0 Å². The van der Waals surface area contributed by atoms with Crippen LogP contribution in [0.3, 0.4) is 0 Å². The molecule has 0 bridgehead atoms. The molecule has 1 atom stereocenters. The molecule has 2 heterocycles. The molecule has 0 saturated heterocycles. The van der Waals surface area contributed by atoms with E-state index in [0.717, 1.165) is 24.3 Å². The molecule has 19 heavy (non-hydrogen) atoms. The number of pyridine rings is 1. The summed E-state index contributed by atoms with van der Waals surface area (Å²) in [5, 5.41) is 3.32. The van der Waals surface area contributed by atoms with Crippen LogP contribution in [0.15, 0.2) is 42.7 Å². The van der Waals surface area contributed by atoms with Gasteiger partial charge in [-0.05, 0) is 38.0 Å². The number of nitrogens with one attached hydrogen (secondary N) is 1. The minimum Gasteiger partial charge on any atom is -0.384 e. The minimum atomic E-state index is 0.482. The fraction of sp³-hybridized carbons (Fsp3) is 0.312. The van der Waals surface area contributed by atoms with Gasteiger partial charge in [-0.1, -0.05) is 18.2 Å². The largest absolute Gasteiger partial charge is 0.384 e. The molecule has 0 radical (unpaired) electrons. The lowest BCUT2D eigenvalue weighted by Gasteiger charge is -2.25. The minimum absolute atomic E-state index is 0.482. The van der Waals surface area contributed by atoms with E-state index in [0.29, 0.717) is 6.04 Å². The summed E-state index contributed by atoms with van der Waals surface area (Å²) < 4.78 is 0. The van der Waals surface area contributed by atoms with Crippen LogP contribution in [0.2, 0.25) is 0 Å². The van der Waals surface area contributed by atoms with Gasteiger partial charge in [0, 0.05) is 18.3 Å². The summed E-state index contributed by atoms with van der Waals surface area (Å²) in [7, 11) is 0. The van der Waals surface area contributed by atoms with Crippen molar-refractivity contribution in [2.24, 2.45) is 0 Å². The van der Waals surface area contributed by atoms with Crippen LogP contribution in [0, 0.1) is 0 Å². The van der Waals surface area contributed by atoms with E-state index >= 15 is 0 Å². The Labute approximate surface area is 114 Å². The predicted octanol–water partition coefficient (Wildman–Crippen LogP) is 3.60. The highest BCUT2D eigenvalue weighted by atomic mass is 15.2. The summed E-state index contributed by atoms with van der Waals surface area (Å²) in [6, 6.07) is 11.3. The zero-order valence-electron chi connectivity index (χ0n) is 11.4. The summed E-state index contributed by atoms with van der Waals surface area (Å²) in [5.74, 6) is 0. The molecular weight excluding hydrogens is 234 g/mol. The normalized spacial score (nSPS) is 17.4. The van der Waals surface area contributed by atoms with Crippen molar-refractivity contribution >= 4 is 17.1 Å². The number of anilines is 3. The number of hydrogen-bond donors (Lipinski definition) is 1. The molecule has 0 saturated carbocycles. The first-order valence-electron chi connectivity index (χ1n) is 6.85. The highest BCUT2D eigenvalue weighted by Crippen LogP contribution is 2.38. The summed E-state index contributed by atoms with van der Waals surface area (Å²) in [6.07, 6.45) is 4.92. The van der Waals surface area contributed by atoms with Crippen LogP contribution in [0.1, 0.15) is 19.4 Å². The topological polar surface area (TPSA) is 28.2 Å².